The van der Waals surface area contributed by atoms with Gasteiger partial charge in [0.1, 0.15) is 11.5 Å². The van der Waals surface area contributed by atoms with Gasteiger partial charge in [-0.25, -0.2) is 0 Å². The standard InChI is InChI=1S/C8H9BO2/c1-2-6-3-4-7-8(5-6)11-9-10-7/h3-5,9H,2H2,1H3. The second-order valence-electron chi connectivity index (χ2n) is 2.54. The van der Waals surface area contributed by atoms with Crippen molar-refractivity contribution in [3.63, 3.8) is 0 Å². The third-order valence-corrected chi connectivity index (χ3v) is 1.85. The third-order valence-electron chi connectivity index (χ3n) is 1.85. The van der Waals surface area contributed by atoms with Crippen LogP contribution >= 0.6 is 0 Å². The Morgan fingerprint density at radius 3 is 2.91 bits per heavy atom. The van der Waals surface area contributed by atoms with Crippen LogP contribution in [0.25, 0.3) is 0 Å². The molecule has 0 radical (unpaired) electrons. The van der Waals surface area contributed by atoms with Crippen molar-refractivity contribution in [1.82, 2.24) is 0 Å². The topological polar surface area (TPSA) is 18.5 Å². The minimum Gasteiger partial charge on any atom is -0.526 e. The monoisotopic (exact) mass is 148 g/mol. The van der Waals surface area contributed by atoms with Gasteiger partial charge in [-0.05, 0) is 24.1 Å². The van der Waals surface area contributed by atoms with Crippen molar-refractivity contribution < 1.29 is 9.31 Å². The molecular weight excluding hydrogens is 139 g/mol. The highest BCUT2D eigenvalue weighted by Crippen LogP contribution is 2.31. The summed E-state index contributed by atoms with van der Waals surface area (Å²) in [6.45, 7) is 2.12. The average Bonchev–Trinajstić information content (AvgIpc) is 2.50. The average molecular weight is 148 g/mol. The van der Waals surface area contributed by atoms with Crippen molar-refractivity contribution in [2.45, 2.75) is 13.3 Å². The van der Waals surface area contributed by atoms with Crippen LogP contribution in [0.2, 0.25) is 0 Å². The van der Waals surface area contributed by atoms with Gasteiger partial charge in [0.15, 0.2) is 0 Å². The van der Waals surface area contributed by atoms with E-state index in [0.29, 0.717) is 7.69 Å². The molecule has 0 spiro atoms. The lowest BCUT2D eigenvalue weighted by Crippen LogP contribution is -1.99. The largest absolute Gasteiger partial charge is 0.576 e. The van der Waals surface area contributed by atoms with Crippen LogP contribution in [-0.4, -0.2) is 7.69 Å². The van der Waals surface area contributed by atoms with Crippen LogP contribution in [0, 0.1) is 0 Å². The van der Waals surface area contributed by atoms with E-state index in [2.05, 4.69) is 13.0 Å². The molecule has 1 aromatic rings. The minimum absolute atomic E-state index is 0.364. The van der Waals surface area contributed by atoms with Gasteiger partial charge >= 0.3 is 7.69 Å². The van der Waals surface area contributed by atoms with Gasteiger partial charge in [-0.15, -0.1) is 0 Å². The molecule has 0 N–H and O–H groups in total. The number of benzene rings is 1. The van der Waals surface area contributed by atoms with Crippen LogP contribution < -0.4 is 9.31 Å². The molecule has 2 nitrogen and oxygen atoms in total. The van der Waals surface area contributed by atoms with Gasteiger partial charge in [-0.3, -0.25) is 0 Å². The molecule has 0 atom stereocenters. The summed E-state index contributed by atoms with van der Waals surface area (Å²) < 4.78 is 10.4. The first kappa shape index (κ1) is 6.59. The van der Waals surface area contributed by atoms with E-state index >= 15 is 0 Å². The molecule has 0 aliphatic carbocycles. The molecule has 0 saturated carbocycles. The molecule has 1 aliphatic heterocycles. The molecule has 1 aliphatic rings. The van der Waals surface area contributed by atoms with Crippen LogP contribution in [-0.2, 0) is 6.42 Å². The molecule has 1 aromatic carbocycles. The SMILES string of the molecule is CCc1ccc2c(c1)OBO2. The van der Waals surface area contributed by atoms with Gasteiger partial charge in [0, 0.05) is 0 Å². The Bertz CT molecular complexity index is 273. The molecule has 1 heterocycles. The molecule has 11 heavy (non-hydrogen) atoms. The first-order chi connectivity index (χ1) is 5.40. The van der Waals surface area contributed by atoms with Gasteiger partial charge in [0.25, 0.3) is 0 Å². The zero-order valence-corrected chi connectivity index (χ0v) is 6.46. The van der Waals surface area contributed by atoms with Crippen molar-refractivity contribution in [3.8, 4) is 11.5 Å². The van der Waals surface area contributed by atoms with E-state index in [-0.39, 0.29) is 0 Å². The van der Waals surface area contributed by atoms with Gasteiger partial charge in [0.2, 0.25) is 0 Å². The number of aryl methyl sites for hydroxylation is 1. The summed E-state index contributed by atoms with van der Waals surface area (Å²) in [5.74, 6) is 1.74. The first-order valence-electron chi connectivity index (χ1n) is 3.78. The van der Waals surface area contributed by atoms with E-state index in [9.17, 15) is 0 Å². The summed E-state index contributed by atoms with van der Waals surface area (Å²) >= 11 is 0. The summed E-state index contributed by atoms with van der Waals surface area (Å²) in [6, 6.07) is 6.05. The number of fused-ring (bicyclic) bond motifs is 1. The fourth-order valence-electron chi connectivity index (χ4n) is 1.16. The van der Waals surface area contributed by atoms with Gasteiger partial charge in [0.05, 0.1) is 0 Å². The highest BCUT2D eigenvalue weighted by Gasteiger charge is 2.14. The molecule has 3 heteroatoms. The maximum Gasteiger partial charge on any atom is 0.576 e. The fraction of sp³-hybridized carbons (Fsp3) is 0.250. The lowest BCUT2D eigenvalue weighted by atomic mass is 10.1. The second kappa shape index (κ2) is 2.49. The Morgan fingerprint density at radius 2 is 2.09 bits per heavy atom. The molecule has 0 amide bonds. The van der Waals surface area contributed by atoms with Crippen LogP contribution in [0.4, 0.5) is 0 Å². The fourth-order valence-corrected chi connectivity index (χ4v) is 1.16. The molecule has 0 unspecified atom stereocenters. The lowest BCUT2D eigenvalue weighted by Gasteiger charge is -1.99. The van der Waals surface area contributed by atoms with Crippen LogP contribution in [0.1, 0.15) is 12.5 Å². The Balaban J connectivity index is 2.41. The minimum atomic E-state index is 0.364. The molecule has 0 saturated heterocycles. The number of hydrogen-bond donors (Lipinski definition) is 0. The Kier molecular flexibility index (Phi) is 1.49. The summed E-state index contributed by atoms with van der Waals surface area (Å²) in [5.41, 5.74) is 1.29. The molecule has 0 bridgehead atoms. The van der Waals surface area contributed by atoms with Crippen LogP contribution in [0.3, 0.4) is 0 Å². The molecule has 56 valence electrons. The lowest BCUT2D eigenvalue weighted by molar-refractivity contribution is 0.541. The smallest absolute Gasteiger partial charge is 0.526 e. The summed E-state index contributed by atoms with van der Waals surface area (Å²) in [4.78, 5) is 0. The summed E-state index contributed by atoms with van der Waals surface area (Å²) in [7, 11) is 0.364. The van der Waals surface area contributed by atoms with E-state index in [4.69, 9.17) is 9.31 Å². The molecule has 0 fully saturated rings. The normalized spacial score (nSPS) is 12.8. The van der Waals surface area contributed by atoms with Gasteiger partial charge in [-0.2, -0.15) is 0 Å². The maximum atomic E-state index is 5.22. The van der Waals surface area contributed by atoms with Crippen LogP contribution in [0.5, 0.6) is 11.5 Å². The quantitative estimate of drug-likeness (QED) is 0.558. The zero-order valence-electron chi connectivity index (χ0n) is 6.46. The maximum absolute atomic E-state index is 5.22. The van der Waals surface area contributed by atoms with Crippen molar-refractivity contribution in [2.24, 2.45) is 0 Å². The Hall–Kier alpha value is -1.12. The summed E-state index contributed by atoms with van der Waals surface area (Å²) in [5, 5.41) is 0. The van der Waals surface area contributed by atoms with Gasteiger partial charge in [-0.1, -0.05) is 13.0 Å². The first-order valence-corrected chi connectivity index (χ1v) is 3.78. The second-order valence-corrected chi connectivity index (χ2v) is 2.54. The van der Waals surface area contributed by atoms with Crippen LogP contribution in [0.15, 0.2) is 18.2 Å². The predicted molar refractivity (Wildman–Crippen MR) is 44.2 cm³/mol. The Labute approximate surface area is 66.4 Å². The highest BCUT2D eigenvalue weighted by molar-refractivity contribution is 6.22. The van der Waals surface area contributed by atoms with Gasteiger partial charge < -0.3 is 9.31 Å². The zero-order chi connectivity index (χ0) is 7.68. The van der Waals surface area contributed by atoms with E-state index in [1.807, 2.05) is 12.1 Å². The van der Waals surface area contributed by atoms with Crippen molar-refractivity contribution >= 4 is 7.69 Å². The number of hydrogen-bond acceptors (Lipinski definition) is 2. The van der Waals surface area contributed by atoms with Crippen molar-refractivity contribution in [3.05, 3.63) is 23.8 Å². The predicted octanol–water partition coefficient (Wildman–Crippen LogP) is 1.29. The highest BCUT2D eigenvalue weighted by atomic mass is 16.6. The molecular formula is C8H9BO2. The molecule has 2 rings (SSSR count). The Morgan fingerprint density at radius 1 is 1.27 bits per heavy atom. The third kappa shape index (κ3) is 1.07. The summed E-state index contributed by atoms with van der Waals surface area (Å²) in [6.07, 6.45) is 1.04. The van der Waals surface area contributed by atoms with Crippen molar-refractivity contribution in [2.75, 3.05) is 0 Å². The van der Waals surface area contributed by atoms with Crippen molar-refractivity contribution in [1.29, 1.82) is 0 Å². The van der Waals surface area contributed by atoms with E-state index in [0.717, 1.165) is 17.9 Å². The van der Waals surface area contributed by atoms with E-state index in [1.54, 1.807) is 0 Å². The number of rotatable bonds is 1. The van der Waals surface area contributed by atoms with E-state index < -0.39 is 0 Å². The van der Waals surface area contributed by atoms with E-state index in [1.165, 1.54) is 5.56 Å². The molecule has 0 aromatic heterocycles.